The van der Waals surface area contributed by atoms with Gasteiger partial charge in [0, 0.05) is 32.8 Å². The molecular weight excluding hydrogens is 456 g/mol. The van der Waals surface area contributed by atoms with Gasteiger partial charge in [-0.15, -0.1) is 6.42 Å². The van der Waals surface area contributed by atoms with Crippen molar-refractivity contribution in [2.75, 3.05) is 40.0 Å². The number of hydrogen-bond acceptors (Lipinski definition) is 6. The first kappa shape index (κ1) is 26.3. The van der Waals surface area contributed by atoms with Crippen LogP contribution < -0.4 is 4.74 Å². The first-order valence-corrected chi connectivity index (χ1v) is 11.1. The van der Waals surface area contributed by atoms with E-state index in [4.69, 9.17) is 20.6 Å². The molecule has 1 aromatic heterocycles. The van der Waals surface area contributed by atoms with Crippen molar-refractivity contribution >= 4 is 0 Å². The van der Waals surface area contributed by atoms with Gasteiger partial charge in [-0.25, -0.2) is 13.5 Å². The second-order valence-electron chi connectivity index (χ2n) is 7.89. The number of para-hydroxylation sites is 1. The molecule has 7 nitrogen and oxygen atoms in total. The van der Waals surface area contributed by atoms with Crippen LogP contribution in [0.1, 0.15) is 11.3 Å². The molecule has 2 aromatic carbocycles. The lowest BCUT2D eigenvalue weighted by atomic mass is 10.2. The van der Waals surface area contributed by atoms with Crippen molar-refractivity contribution in [1.29, 1.82) is 0 Å². The SMILES string of the molecule is C#CCOC[C@@H](O)CN(CCOC)Cc1c(C)nn(-c2ccccc2)c1Oc1ccc(F)cc1F. The smallest absolute Gasteiger partial charge is 0.227 e. The quantitative estimate of drug-likeness (QED) is 0.294. The number of terminal acetylenes is 1. The first-order valence-electron chi connectivity index (χ1n) is 11.1. The minimum atomic E-state index is -0.827. The molecule has 1 N–H and O–H groups in total. The lowest BCUT2D eigenvalue weighted by Crippen LogP contribution is -2.36. The molecule has 0 radical (unpaired) electrons. The Hall–Kier alpha value is -3.29. The lowest BCUT2D eigenvalue weighted by Gasteiger charge is -2.25. The second kappa shape index (κ2) is 13.0. The Morgan fingerprint density at radius 2 is 1.97 bits per heavy atom. The third kappa shape index (κ3) is 7.34. The Kier molecular flexibility index (Phi) is 9.76. The summed E-state index contributed by atoms with van der Waals surface area (Å²) in [6.07, 6.45) is 4.41. The molecule has 0 aliphatic carbocycles. The number of benzene rings is 2. The van der Waals surface area contributed by atoms with Gasteiger partial charge in [0.1, 0.15) is 12.4 Å². The van der Waals surface area contributed by atoms with Crippen molar-refractivity contribution < 1.29 is 28.1 Å². The molecule has 0 saturated heterocycles. The fraction of sp³-hybridized carbons (Fsp3) is 0.346. The van der Waals surface area contributed by atoms with Gasteiger partial charge < -0.3 is 19.3 Å². The Morgan fingerprint density at radius 3 is 2.66 bits per heavy atom. The van der Waals surface area contributed by atoms with Gasteiger partial charge in [0.05, 0.1) is 36.3 Å². The second-order valence-corrected chi connectivity index (χ2v) is 7.89. The molecule has 0 spiro atoms. The highest BCUT2D eigenvalue weighted by molar-refractivity contribution is 5.43. The summed E-state index contributed by atoms with van der Waals surface area (Å²) in [4.78, 5) is 1.96. The third-order valence-electron chi connectivity index (χ3n) is 5.20. The van der Waals surface area contributed by atoms with E-state index in [1.807, 2.05) is 42.2 Å². The van der Waals surface area contributed by atoms with Crippen LogP contribution in [0.3, 0.4) is 0 Å². The van der Waals surface area contributed by atoms with Crippen LogP contribution in [0.15, 0.2) is 48.5 Å². The number of halogens is 2. The number of aromatic nitrogens is 2. The monoisotopic (exact) mass is 485 g/mol. The molecule has 3 rings (SSSR count). The Balaban J connectivity index is 1.95. The average molecular weight is 486 g/mol. The van der Waals surface area contributed by atoms with Crippen molar-refractivity contribution in [3.63, 3.8) is 0 Å². The van der Waals surface area contributed by atoms with E-state index in [1.165, 1.54) is 6.07 Å². The topological polar surface area (TPSA) is 69.0 Å². The van der Waals surface area contributed by atoms with E-state index >= 15 is 0 Å². The number of aliphatic hydroxyl groups excluding tert-OH is 1. The summed E-state index contributed by atoms with van der Waals surface area (Å²) in [6.45, 7) is 3.54. The molecular formula is C26H29F2N3O4. The summed E-state index contributed by atoms with van der Waals surface area (Å²) in [5.74, 6) is 1.00. The van der Waals surface area contributed by atoms with Crippen molar-refractivity contribution in [2.45, 2.75) is 19.6 Å². The number of methoxy groups -OCH3 is 1. The molecule has 3 aromatic rings. The fourth-order valence-corrected chi connectivity index (χ4v) is 3.52. The maximum absolute atomic E-state index is 14.5. The summed E-state index contributed by atoms with van der Waals surface area (Å²) in [7, 11) is 1.59. The highest BCUT2D eigenvalue weighted by Crippen LogP contribution is 2.33. The highest BCUT2D eigenvalue weighted by Gasteiger charge is 2.23. The minimum Gasteiger partial charge on any atom is -0.435 e. The summed E-state index contributed by atoms with van der Waals surface area (Å²) in [5.41, 5.74) is 2.06. The summed E-state index contributed by atoms with van der Waals surface area (Å²) >= 11 is 0. The predicted molar refractivity (Wildman–Crippen MR) is 128 cm³/mol. The van der Waals surface area contributed by atoms with Gasteiger partial charge in [0.25, 0.3) is 0 Å². The zero-order valence-electron chi connectivity index (χ0n) is 19.8. The molecule has 0 saturated carbocycles. The van der Waals surface area contributed by atoms with Crippen LogP contribution >= 0.6 is 0 Å². The van der Waals surface area contributed by atoms with Crippen molar-refractivity contribution in [3.05, 3.63) is 71.4 Å². The number of aryl methyl sites for hydroxylation is 1. The van der Waals surface area contributed by atoms with Crippen molar-refractivity contribution in [1.82, 2.24) is 14.7 Å². The highest BCUT2D eigenvalue weighted by atomic mass is 19.1. The first-order chi connectivity index (χ1) is 16.9. The van der Waals surface area contributed by atoms with Gasteiger partial charge in [-0.2, -0.15) is 5.10 Å². The molecule has 1 atom stereocenters. The van der Waals surface area contributed by atoms with Gasteiger partial charge in [0.15, 0.2) is 11.6 Å². The summed E-state index contributed by atoms with van der Waals surface area (Å²) < 4.78 is 46.0. The van der Waals surface area contributed by atoms with E-state index in [0.29, 0.717) is 42.5 Å². The zero-order valence-corrected chi connectivity index (χ0v) is 19.8. The Bertz CT molecular complexity index is 1130. The standard InChI is InChI=1S/C26H29F2N3O4/c1-4-13-34-18-22(32)16-30(12-14-33-3)17-23-19(2)29-31(21-8-6-5-7-9-21)26(23)35-25-11-10-20(27)15-24(25)28/h1,5-11,15,22,32H,12-14,16-18H2,2-3H3/t22-/m0/s1. The molecule has 0 bridgehead atoms. The van der Waals surface area contributed by atoms with E-state index in [1.54, 1.807) is 11.8 Å². The van der Waals surface area contributed by atoms with E-state index in [2.05, 4.69) is 11.0 Å². The number of nitrogens with zero attached hydrogens (tertiary/aromatic N) is 3. The fourth-order valence-electron chi connectivity index (χ4n) is 3.52. The maximum atomic E-state index is 14.5. The van der Waals surface area contributed by atoms with Gasteiger partial charge in [-0.1, -0.05) is 24.1 Å². The van der Waals surface area contributed by atoms with Crippen molar-refractivity contribution in [2.24, 2.45) is 0 Å². The van der Waals surface area contributed by atoms with Gasteiger partial charge >= 0.3 is 0 Å². The largest absolute Gasteiger partial charge is 0.435 e. The number of rotatable bonds is 13. The molecule has 1 heterocycles. The van der Waals surface area contributed by atoms with Crippen LogP contribution in [0.5, 0.6) is 11.6 Å². The van der Waals surface area contributed by atoms with Crippen LogP contribution in [-0.2, 0) is 16.0 Å². The van der Waals surface area contributed by atoms with Crippen LogP contribution in [0.25, 0.3) is 5.69 Å². The number of aliphatic hydroxyl groups is 1. The predicted octanol–water partition coefficient (Wildman–Crippen LogP) is 3.71. The molecule has 0 unspecified atom stereocenters. The molecule has 0 aliphatic heterocycles. The molecule has 35 heavy (non-hydrogen) atoms. The number of hydrogen-bond donors (Lipinski definition) is 1. The lowest BCUT2D eigenvalue weighted by molar-refractivity contribution is 0.0205. The maximum Gasteiger partial charge on any atom is 0.227 e. The summed E-state index contributed by atoms with van der Waals surface area (Å²) in [6, 6.07) is 12.4. The van der Waals surface area contributed by atoms with Gasteiger partial charge in [-0.3, -0.25) is 4.90 Å². The number of ether oxygens (including phenoxy) is 3. The van der Waals surface area contributed by atoms with Gasteiger partial charge in [0.2, 0.25) is 5.88 Å². The van der Waals surface area contributed by atoms with Gasteiger partial charge in [-0.05, 0) is 31.2 Å². The van der Waals surface area contributed by atoms with E-state index < -0.39 is 17.7 Å². The molecule has 9 heteroatoms. The van der Waals surface area contributed by atoms with Crippen LogP contribution in [0, 0.1) is 30.9 Å². The van der Waals surface area contributed by atoms with Crippen LogP contribution in [0.4, 0.5) is 8.78 Å². The van der Waals surface area contributed by atoms with E-state index in [0.717, 1.165) is 12.1 Å². The molecule has 0 fully saturated rings. The normalized spacial score (nSPS) is 12.0. The Labute approximate surface area is 203 Å². The van der Waals surface area contributed by atoms with Crippen LogP contribution in [-0.4, -0.2) is 65.9 Å². The average Bonchev–Trinajstić information content (AvgIpc) is 3.14. The zero-order chi connectivity index (χ0) is 25.2. The molecule has 186 valence electrons. The Morgan fingerprint density at radius 1 is 1.20 bits per heavy atom. The van der Waals surface area contributed by atoms with Crippen LogP contribution in [0.2, 0.25) is 0 Å². The summed E-state index contributed by atoms with van der Waals surface area (Å²) in [5, 5.41) is 15.1. The molecule has 0 aliphatic rings. The third-order valence-corrected chi connectivity index (χ3v) is 5.20. The van der Waals surface area contributed by atoms with E-state index in [9.17, 15) is 13.9 Å². The molecule has 0 amide bonds. The van der Waals surface area contributed by atoms with E-state index in [-0.39, 0.29) is 25.5 Å². The van der Waals surface area contributed by atoms with Crippen molar-refractivity contribution in [3.8, 4) is 29.7 Å². The minimum absolute atomic E-state index is 0.0834.